The van der Waals surface area contributed by atoms with Crippen molar-refractivity contribution in [3.63, 3.8) is 0 Å². The van der Waals surface area contributed by atoms with Crippen LogP contribution < -0.4 is 4.70 Å². The van der Waals surface area contributed by atoms with E-state index >= 15 is 0 Å². The minimum atomic E-state index is 0. The predicted molar refractivity (Wildman–Crippen MR) is 8.49 cm³/mol. The quantitative estimate of drug-likeness (QED) is 0.309. The fourth-order valence-corrected chi connectivity index (χ4v) is 0. The summed E-state index contributed by atoms with van der Waals surface area (Å²) in [5, 5.41) is 0. The molecule has 28 valence electrons. The Hall–Kier alpha value is 0.733. The van der Waals surface area contributed by atoms with Crippen LogP contribution in [0.15, 0.2) is 0 Å². The van der Waals surface area contributed by atoms with Gasteiger partial charge in [0.15, 0.2) is 0 Å². The van der Waals surface area contributed by atoms with Crippen molar-refractivity contribution in [3.8, 4) is 0 Å². The van der Waals surface area contributed by atoms with E-state index in [1.807, 2.05) is 0 Å². The second-order valence-corrected chi connectivity index (χ2v) is 0. The van der Waals surface area contributed by atoms with Gasteiger partial charge in [-0.3, -0.25) is 0 Å². The molecule has 4 heavy (non-hydrogen) atoms. The molecule has 0 atom stereocenters. The van der Waals surface area contributed by atoms with Gasteiger partial charge in [-0.25, -0.2) is 0 Å². The third-order valence-electron chi connectivity index (χ3n) is 0. The summed E-state index contributed by atoms with van der Waals surface area (Å²) in [6.45, 7) is 0. The Morgan fingerprint density at radius 1 is 1.00 bits per heavy atom. The Morgan fingerprint density at radius 2 is 1.00 bits per heavy atom. The van der Waals surface area contributed by atoms with Crippen molar-refractivity contribution in [2.24, 2.45) is 0 Å². The second kappa shape index (κ2) is 51.9. The summed E-state index contributed by atoms with van der Waals surface area (Å²) in [7, 11) is 0. The van der Waals surface area contributed by atoms with E-state index in [-0.39, 0.29) is 41.9 Å². The maximum Gasteiger partial charge on any atom is 0 e. The van der Waals surface area contributed by atoms with Gasteiger partial charge in [0.2, 0.25) is 0 Å². The van der Waals surface area contributed by atoms with Crippen molar-refractivity contribution >= 4 is 0 Å². The summed E-state index contributed by atoms with van der Waals surface area (Å²) >= 11 is 0. The van der Waals surface area contributed by atoms with Crippen LogP contribution in [0.2, 0.25) is 0 Å². The van der Waals surface area contributed by atoms with Gasteiger partial charge in [0.05, 0.1) is 0 Å². The average Bonchev–Trinajstić information content (AvgIpc) is 0. The fourth-order valence-electron chi connectivity index (χ4n) is 0. The molecule has 0 saturated carbocycles. The number of hydrogen-bond acceptors (Lipinski definition) is 0. The first kappa shape index (κ1) is 123. The van der Waals surface area contributed by atoms with Crippen LogP contribution in [0.25, 0.3) is 0 Å². The van der Waals surface area contributed by atoms with Gasteiger partial charge in [-0.05, 0) is 0 Å². The monoisotopic (exact) mass is 146 g/mol. The van der Waals surface area contributed by atoms with E-state index in [4.69, 9.17) is 0 Å². The van der Waals surface area contributed by atoms with E-state index in [9.17, 15) is 0 Å². The molecule has 0 unspecified atom stereocenters. The first-order valence-electron chi connectivity index (χ1n) is 0. The Labute approximate surface area is 42.3 Å². The van der Waals surface area contributed by atoms with Crippen LogP contribution in [0, 0.1) is 0 Å². The minimum Gasteiger partial charge on any atom is -1.00 e. The van der Waals surface area contributed by atoms with E-state index in [1.165, 1.54) is 0 Å². The third kappa shape index (κ3) is 15.3. The van der Waals surface area contributed by atoms with E-state index in [0.717, 1.165) is 0 Å². The molecule has 5 N–H and O–H groups in total. The average molecular weight is 147 g/mol. The van der Waals surface area contributed by atoms with Crippen molar-refractivity contribution in [2.45, 2.75) is 0 Å². The molecule has 0 aliphatic heterocycles. The molecule has 0 bridgehead atoms. The molecule has 0 aromatic carbocycles. The zero-order chi connectivity index (χ0) is 0. The maximum absolute atomic E-state index is 0. The molecule has 0 aromatic rings. The SMILES string of the molecule is O.[F-].[OH3+].[Zr]. The summed E-state index contributed by atoms with van der Waals surface area (Å²) < 4.78 is 0. The summed E-state index contributed by atoms with van der Waals surface area (Å²) in [6.07, 6.45) is 0. The summed E-state index contributed by atoms with van der Waals surface area (Å²) in [5.74, 6) is 0. The first-order valence-corrected chi connectivity index (χ1v) is 0. The van der Waals surface area contributed by atoms with Gasteiger partial charge in [0, 0.05) is 26.2 Å². The molecule has 0 saturated heterocycles. The normalized spacial score (nSPS) is 0. The Balaban J connectivity index is 0. The number of halogens is 1. The molecule has 0 spiro atoms. The van der Waals surface area contributed by atoms with E-state index < -0.39 is 0 Å². The summed E-state index contributed by atoms with van der Waals surface area (Å²) in [6, 6.07) is 0. The Kier molecular flexibility index (Phi) is 1590. The van der Waals surface area contributed by atoms with E-state index in [0.29, 0.717) is 0 Å². The van der Waals surface area contributed by atoms with Crippen molar-refractivity contribution < 1.29 is 41.9 Å². The molecule has 2 nitrogen and oxygen atoms in total. The maximum atomic E-state index is 0. The van der Waals surface area contributed by atoms with Gasteiger partial charge < -0.3 is 15.7 Å². The molecule has 0 radical (unpaired) electrons. The molecular weight excluding hydrogens is 142 g/mol. The van der Waals surface area contributed by atoms with E-state index in [2.05, 4.69) is 0 Å². The van der Waals surface area contributed by atoms with Gasteiger partial charge >= 0.3 is 0 Å². The van der Waals surface area contributed by atoms with Crippen LogP contribution >= 0.6 is 0 Å². The van der Waals surface area contributed by atoms with Crippen LogP contribution in [0.3, 0.4) is 0 Å². The molecule has 0 amide bonds. The van der Waals surface area contributed by atoms with Crippen molar-refractivity contribution in [3.05, 3.63) is 0 Å². The molecule has 0 rings (SSSR count). The minimum absolute atomic E-state index is 0. The topological polar surface area (TPSA) is 64.5 Å². The molecule has 0 fully saturated rings. The third-order valence-corrected chi connectivity index (χ3v) is 0. The molecule has 0 heterocycles. The van der Waals surface area contributed by atoms with Crippen LogP contribution in [0.1, 0.15) is 0 Å². The molecule has 0 aromatic heterocycles. The smallest absolute Gasteiger partial charge is 0 e. The van der Waals surface area contributed by atoms with Crippen LogP contribution in [-0.2, 0) is 31.7 Å². The summed E-state index contributed by atoms with van der Waals surface area (Å²) in [5.41, 5.74) is 0. The van der Waals surface area contributed by atoms with Gasteiger partial charge in [-0.15, -0.1) is 0 Å². The molecule has 0 aliphatic rings. The zero-order valence-electron chi connectivity index (χ0n) is 1.96. The van der Waals surface area contributed by atoms with Gasteiger partial charge in [-0.2, -0.15) is 0 Å². The number of rotatable bonds is 0. The van der Waals surface area contributed by atoms with Gasteiger partial charge in [-0.1, -0.05) is 0 Å². The van der Waals surface area contributed by atoms with Crippen LogP contribution in [0.5, 0.6) is 0 Å². The summed E-state index contributed by atoms with van der Waals surface area (Å²) in [4.78, 5) is 0. The Morgan fingerprint density at radius 3 is 1.00 bits per heavy atom. The van der Waals surface area contributed by atoms with Gasteiger partial charge in [0.1, 0.15) is 0 Å². The Bertz CT molecular complexity index is 6.00. The predicted octanol–water partition coefficient (Wildman–Crippen LogP) is -4.75. The fraction of sp³-hybridized carbons (Fsp3) is 0. The van der Waals surface area contributed by atoms with Crippen molar-refractivity contribution in [2.75, 3.05) is 0 Å². The standard InChI is InChI=1S/FH.2H2O.Zr/h1H;2*1H2;. The van der Waals surface area contributed by atoms with Crippen LogP contribution in [-0.4, -0.2) is 5.48 Å². The van der Waals surface area contributed by atoms with Crippen molar-refractivity contribution in [1.82, 2.24) is 0 Å². The molecular formula is H5FO2Zr. The van der Waals surface area contributed by atoms with Crippen LogP contribution in [0.4, 0.5) is 0 Å². The molecule has 4 heteroatoms. The van der Waals surface area contributed by atoms with Crippen molar-refractivity contribution in [1.29, 1.82) is 0 Å². The van der Waals surface area contributed by atoms with E-state index in [1.54, 1.807) is 0 Å². The first-order chi connectivity index (χ1) is 0. The number of hydrogen-bond donors (Lipinski definition) is 0. The largest absolute Gasteiger partial charge is 1.00 e. The van der Waals surface area contributed by atoms with Gasteiger partial charge in [0.25, 0.3) is 0 Å². The molecule has 0 aliphatic carbocycles. The zero-order valence-corrected chi connectivity index (χ0v) is 4.41. The second-order valence-electron chi connectivity index (χ2n) is 0.